The molecule has 0 unspecified atom stereocenters. The molecule has 26 heavy (non-hydrogen) atoms. The van der Waals surface area contributed by atoms with Gasteiger partial charge in [-0.25, -0.2) is 0 Å². The smallest absolute Gasteiger partial charge is 0.323 e. The molecule has 1 aliphatic rings. The number of hydrogen-bond acceptors (Lipinski definition) is 4. The van der Waals surface area contributed by atoms with Crippen molar-refractivity contribution in [3.8, 4) is 0 Å². The maximum atomic E-state index is 12.6. The van der Waals surface area contributed by atoms with Gasteiger partial charge in [0.2, 0.25) is 0 Å². The van der Waals surface area contributed by atoms with Crippen molar-refractivity contribution < 1.29 is 9.53 Å². The van der Waals surface area contributed by atoms with E-state index in [-0.39, 0.29) is 18.1 Å². The zero-order valence-electron chi connectivity index (χ0n) is 15.4. The molecule has 1 aliphatic heterocycles. The molecular formula is C22H26N2O2. The van der Waals surface area contributed by atoms with Gasteiger partial charge in [0.25, 0.3) is 0 Å². The van der Waals surface area contributed by atoms with Gasteiger partial charge in [-0.1, -0.05) is 48.5 Å². The van der Waals surface area contributed by atoms with Crippen molar-refractivity contribution in [3.63, 3.8) is 0 Å². The molecule has 0 aromatic heterocycles. The van der Waals surface area contributed by atoms with Gasteiger partial charge in [0.05, 0.1) is 6.10 Å². The van der Waals surface area contributed by atoms with Crippen LogP contribution in [0.1, 0.15) is 31.4 Å². The molecule has 136 valence electrons. The van der Waals surface area contributed by atoms with Gasteiger partial charge < -0.3 is 15.4 Å². The molecule has 1 atom stereocenters. The summed E-state index contributed by atoms with van der Waals surface area (Å²) in [7, 11) is 0. The Kier molecular flexibility index (Phi) is 6.08. The van der Waals surface area contributed by atoms with E-state index in [1.807, 2.05) is 50.4 Å². The Morgan fingerprint density at radius 2 is 1.85 bits per heavy atom. The minimum absolute atomic E-state index is 0.122. The number of esters is 1. The fraction of sp³-hybridized carbons (Fsp3) is 0.318. The van der Waals surface area contributed by atoms with E-state index in [1.54, 1.807) is 0 Å². The average molecular weight is 350 g/mol. The summed E-state index contributed by atoms with van der Waals surface area (Å²) in [4.78, 5) is 12.6. The molecule has 0 saturated carbocycles. The molecule has 0 fully saturated rings. The first kappa shape index (κ1) is 18.2. The van der Waals surface area contributed by atoms with E-state index in [0.29, 0.717) is 13.0 Å². The number of carbonyl (C=O) groups excluding carboxylic acids is 1. The second kappa shape index (κ2) is 8.68. The molecule has 0 aliphatic carbocycles. The van der Waals surface area contributed by atoms with Crippen molar-refractivity contribution >= 4 is 11.7 Å². The Balaban J connectivity index is 1.67. The molecule has 0 amide bonds. The van der Waals surface area contributed by atoms with Gasteiger partial charge >= 0.3 is 5.97 Å². The van der Waals surface area contributed by atoms with Crippen molar-refractivity contribution in [1.29, 1.82) is 0 Å². The predicted molar refractivity (Wildman–Crippen MR) is 105 cm³/mol. The third-order valence-corrected chi connectivity index (χ3v) is 4.36. The number of fused-ring (bicyclic) bond motifs is 1. The number of nitrogens with one attached hydrogen (secondary N) is 2. The Hall–Kier alpha value is -2.59. The number of ether oxygens (including phenoxy) is 1. The highest BCUT2D eigenvalue weighted by molar-refractivity contribution is 5.76. The lowest BCUT2D eigenvalue weighted by atomic mass is 9.95. The fourth-order valence-electron chi connectivity index (χ4n) is 3.07. The normalized spacial score (nSPS) is 14.2. The van der Waals surface area contributed by atoms with Gasteiger partial charge in [0.15, 0.2) is 0 Å². The summed E-state index contributed by atoms with van der Waals surface area (Å²) in [5.74, 6) is -0.198. The highest BCUT2D eigenvalue weighted by Gasteiger charge is 2.23. The molecular weight excluding hydrogens is 324 g/mol. The van der Waals surface area contributed by atoms with Crippen LogP contribution >= 0.6 is 0 Å². The minimum Gasteiger partial charge on any atom is -0.462 e. The fourth-order valence-corrected chi connectivity index (χ4v) is 3.07. The van der Waals surface area contributed by atoms with Crippen LogP contribution in [0.25, 0.3) is 0 Å². The number of hydrogen-bond donors (Lipinski definition) is 2. The largest absolute Gasteiger partial charge is 0.462 e. The van der Waals surface area contributed by atoms with E-state index < -0.39 is 0 Å². The summed E-state index contributed by atoms with van der Waals surface area (Å²) in [5, 5.41) is 6.70. The van der Waals surface area contributed by atoms with Crippen molar-refractivity contribution in [2.75, 3.05) is 5.32 Å². The Morgan fingerprint density at radius 1 is 1.12 bits per heavy atom. The second-order valence-electron chi connectivity index (χ2n) is 6.89. The van der Waals surface area contributed by atoms with Crippen molar-refractivity contribution in [3.05, 3.63) is 77.5 Å². The molecule has 3 rings (SSSR count). The van der Waals surface area contributed by atoms with Gasteiger partial charge in [-0.3, -0.25) is 4.79 Å². The quantitative estimate of drug-likeness (QED) is 0.740. The van der Waals surface area contributed by atoms with Crippen LogP contribution in [0.15, 0.2) is 66.4 Å². The first-order chi connectivity index (χ1) is 12.6. The molecule has 0 radical (unpaired) electrons. The lowest BCUT2D eigenvalue weighted by molar-refractivity contribution is -0.150. The van der Waals surface area contributed by atoms with Crippen LogP contribution in [-0.2, 0) is 22.5 Å². The van der Waals surface area contributed by atoms with Crippen molar-refractivity contribution in [2.45, 2.75) is 45.4 Å². The third-order valence-electron chi connectivity index (χ3n) is 4.36. The van der Waals surface area contributed by atoms with Gasteiger partial charge in [0, 0.05) is 18.4 Å². The lowest BCUT2D eigenvalue weighted by Gasteiger charge is -2.23. The van der Waals surface area contributed by atoms with E-state index in [2.05, 4.69) is 34.9 Å². The van der Waals surface area contributed by atoms with Crippen LogP contribution in [0, 0.1) is 0 Å². The molecule has 2 aromatic carbocycles. The standard InChI is InChI=1S/C22H26N2O2/c1-16(2)26-22(25)21(24-14-17-8-4-3-5-9-17)13-18-12-19-10-6-7-11-20(19)23-15-18/h3-11,15-16,21,23-24H,12-14H2,1-2H3/t21-/m1/s1. The molecule has 2 N–H and O–H groups in total. The summed E-state index contributed by atoms with van der Waals surface area (Å²) < 4.78 is 5.46. The van der Waals surface area contributed by atoms with Crippen LogP contribution < -0.4 is 10.6 Å². The second-order valence-corrected chi connectivity index (χ2v) is 6.89. The first-order valence-corrected chi connectivity index (χ1v) is 9.12. The van der Waals surface area contributed by atoms with E-state index >= 15 is 0 Å². The van der Waals surface area contributed by atoms with E-state index in [9.17, 15) is 4.79 Å². The van der Waals surface area contributed by atoms with Gasteiger partial charge in [0.1, 0.15) is 6.04 Å². The first-order valence-electron chi connectivity index (χ1n) is 9.12. The van der Waals surface area contributed by atoms with E-state index in [0.717, 1.165) is 17.7 Å². The monoisotopic (exact) mass is 350 g/mol. The van der Waals surface area contributed by atoms with Crippen LogP contribution in [0.5, 0.6) is 0 Å². The maximum Gasteiger partial charge on any atom is 0.323 e. The molecule has 1 heterocycles. The summed E-state index contributed by atoms with van der Waals surface area (Å²) in [6, 6.07) is 18.0. The number of benzene rings is 2. The summed E-state index contributed by atoms with van der Waals surface area (Å²) in [6.07, 6.45) is 3.37. The van der Waals surface area contributed by atoms with E-state index in [1.165, 1.54) is 11.1 Å². The van der Waals surface area contributed by atoms with Crippen molar-refractivity contribution in [1.82, 2.24) is 5.32 Å². The van der Waals surface area contributed by atoms with Crippen LogP contribution in [0.4, 0.5) is 5.69 Å². The summed E-state index contributed by atoms with van der Waals surface area (Å²) >= 11 is 0. The summed E-state index contributed by atoms with van der Waals surface area (Å²) in [6.45, 7) is 4.39. The van der Waals surface area contributed by atoms with Gasteiger partial charge in [-0.05, 0) is 49.5 Å². The molecule has 4 heteroatoms. The molecule has 0 spiro atoms. The Bertz CT molecular complexity index is 769. The molecule has 4 nitrogen and oxygen atoms in total. The minimum atomic E-state index is -0.365. The molecule has 0 bridgehead atoms. The Labute approximate surface area is 155 Å². The van der Waals surface area contributed by atoms with Crippen LogP contribution in [0.3, 0.4) is 0 Å². The highest BCUT2D eigenvalue weighted by Crippen LogP contribution is 2.25. The zero-order chi connectivity index (χ0) is 18.4. The summed E-state index contributed by atoms with van der Waals surface area (Å²) in [5.41, 5.74) is 4.73. The number of rotatable bonds is 7. The third kappa shape index (κ3) is 4.96. The average Bonchev–Trinajstić information content (AvgIpc) is 2.65. The van der Waals surface area contributed by atoms with Gasteiger partial charge in [-0.2, -0.15) is 0 Å². The molecule has 2 aromatic rings. The van der Waals surface area contributed by atoms with Gasteiger partial charge in [-0.15, -0.1) is 0 Å². The number of carbonyl (C=O) groups is 1. The van der Waals surface area contributed by atoms with E-state index in [4.69, 9.17) is 4.74 Å². The molecule has 0 saturated heterocycles. The SMILES string of the molecule is CC(C)OC(=O)[C@@H](CC1=CNc2ccccc2C1)NCc1ccccc1. The zero-order valence-corrected chi connectivity index (χ0v) is 15.4. The van der Waals surface area contributed by atoms with Crippen LogP contribution in [-0.4, -0.2) is 18.1 Å². The number of anilines is 1. The highest BCUT2D eigenvalue weighted by atomic mass is 16.5. The van der Waals surface area contributed by atoms with Crippen molar-refractivity contribution in [2.24, 2.45) is 0 Å². The number of para-hydroxylation sites is 1. The maximum absolute atomic E-state index is 12.6. The predicted octanol–water partition coefficient (Wildman–Crippen LogP) is 4.04. The topological polar surface area (TPSA) is 50.4 Å². The Morgan fingerprint density at radius 3 is 2.62 bits per heavy atom. The lowest BCUT2D eigenvalue weighted by Crippen LogP contribution is -2.39. The van der Waals surface area contributed by atoms with Crippen LogP contribution in [0.2, 0.25) is 0 Å².